The van der Waals surface area contributed by atoms with Gasteiger partial charge in [-0.15, -0.1) is 0 Å². The third-order valence-electron chi connectivity index (χ3n) is 3.57. The molecule has 0 saturated carbocycles. The van der Waals surface area contributed by atoms with Crippen LogP contribution >= 0.6 is 0 Å². The number of benzene rings is 2. The van der Waals surface area contributed by atoms with Crippen molar-refractivity contribution >= 4 is 17.8 Å². The molecule has 0 unspecified atom stereocenters. The van der Waals surface area contributed by atoms with Crippen LogP contribution in [0.15, 0.2) is 48.5 Å². The van der Waals surface area contributed by atoms with Crippen LogP contribution in [0.3, 0.4) is 0 Å². The molecule has 0 radical (unpaired) electrons. The Hall–Kier alpha value is -3.15. The second-order valence-electron chi connectivity index (χ2n) is 5.74. The fourth-order valence-corrected chi connectivity index (χ4v) is 2.29. The molecule has 2 amide bonds. The van der Waals surface area contributed by atoms with Gasteiger partial charge in [-0.3, -0.25) is 14.4 Å². The van der Waals surface area contributed by atoms with Gasteiger partial charge >= 0.3 is 5.97 Å². The van der Waals surface area contributed by atoms with Crippen LogP contribution in [-0.4, -0.2) is 23.8 Å². The highest BCUT2D eigenvalue weighted by molar-refractivity contribution is 5.97. The zero-order valence-corrected chi connectivity index (χ0v) is 14.1. The Bertz CT molecular complexity index is 784. The van der Waals surface area contributed by atoms with Gasteiger partial charge in [-0.05, 0) is 30.7 Å². The van der Waals surface area contributed by atoms with E-state index in [1.54, 1.807) is 18.2 Å². The molecule has 0 spiro atoms. The molecular formula is C19H20N2O4. The predicted octanol–water partition coefficient (Wildman–Crippen LogP) is 1.75. The minimum Gasteiger partial charge on any atom is -0.427 e. The monoisotopic (exact) mass is 340 g/mol. The van der Waals surface area contributed by atoms with Crippen molar-refractivity contribution in [2.24, 2.45) is 5.73 Å². The van der Waals surface area contributed by atoms with Crippen molar-refractivity contribution in [1.29, 1.82) is 0 Å². The SMILES string of the molecule is CC(=O)Oc1cccc(C(=O)N[C@@H](Cc2ccc(C)cc2)C(N)=O)c1. The summed E-state index contributed by atoms with van der Waals surface area (Å²) in [5.41, 5.74) is 7.68. The number of nitrogens with two attached hydrogens (primary N) is 1. The zero-order chi connectivity index (χ0) is 18.4. The number of esters is 1. The quantitative estimate of drug-likeness (QED) is 0.618. The predicted molar refractivity (Wildman–Crippen MR) is 93.1 cm³/mol. The van der Waals surface area contributed by atoms with Crippen molar-refractivity contribution in [3.05, 3.63) is 65.2 Å². The number of ether oxygens (including phenoxy) is 1. The van der Waals surface area contributed by atoms with E-state index < -0.39 is 23.8 Å². The number of primary amides is 1. The summed E-state index contributed by atoms with van der Waals surface area (Å²) in [4.78, 5) is 35.1. The van der Waals surface area contributed by atoms with Crippen LogP contribution in [0.2, 0.25) is 0 Å². The summed E-state index contributed by atoms with van der Waals surface area (Å²) in [6.07, 6.45) is 0.297. The van der Waals surface area contributed by atoms with E-state index >= 15 is 0 Å². The number of hydrogen-bond donors (Lipinski definition) is 2. The van der Waals surface area contributed by atoms with Crippen LogP contribution in [0.25, 0.3) is 0 Å². The lowest BCUT2D eigenvalue weighted by atomic mass is 10.0. The van der Waals surface area contributed by atoms with Gasteiger partial charge in [0.15, 0.2) is 0 Å². The molecule has 6 nitrogen and oxygen atoms in total. The molecule has 130 valence electrons. The van der Waals surface area contributed by atoms with E-state index in [0.717, 1.165) is 11.1 Å². The molecule has 0 saturated heterocycles. The topological polar surface area (TPSA) is 98.5 Å². The van der Waals surface area contributed by atoms with Gasteiger partial charge in [-0.1, -0.05) is 35.9 Å². The Labute approximate surface area is 146 Å². The van der Waals surface area contributed by atoms with E-state index in [1.165, 1.54) is 13.0 Å². The first-order chi connectivity index (χ1) is 11.8. The van der Waals surface area contributed by atoms with Gasteiger partial charge in [0.1, 0.15) is 11.8 Å². The summed E-state index contributed by atoms with van der Waals surface area (Å²) in [7, 11) is 0. The molecule has 0 aliphatic carbocycles. The van der Waals surface area contributed by atoms with Crippen molar-refractivity contribution in [3.63, 3.8) is 0 Å². The van der Waals surface area contributed by atoms with Crippen LogP contribution in [0, 0.1) is 6.92 Å². The number of aryl methyl sites for hydroxylation is 1. The Morgan fingerprint density at radius 3 is 2.40 bits per heavy atom. The van der Waals surface area contributed by atoms with Crippen molar-refractivity contribution in [1.82, 2.24) is 5.32 Å². The zero-order valence-electron chi connectivity index (χ0n) is 14.1. The maximum absolute atomic E-state index is 12.4. The fraction of sp³-hybridized carbons (Fsp3) is 0.211. The first kappa shape index (κ1) is 18.2. The number of carbonyl (C=O) groups is 3. The number of nitrogens with one attached hydrogen (secondary N) is 1. The minimum absolute atomic E-state index is 0.259. The summed E-state index contributed by atoms with van der Waals surface area (Å²) in [5, 5.41) is 2.62. The highest BCUT2D eigenvalue weighted by Gasteiger charge is 2.20. The molecule has 0 aliphatic heterocycles. The second-order valence-corrected chi connectivity index (χ2v) is 5.74. The van der Waals surface area contributed by atoms with E-state index in [0.29, 0.717) is 6.42 Å². The standard InChI is InChI=1S/C19H20N2O4/c1-12-6-8-14(9-7-12)10-17(18(20)23)21-19(24)15-4-3-5-16(11-15)25-13(2)22/h3-9,11,17H,10H2,1-2H3,(H2,20,23)(H,21,24)/t17-/m0/s1. The molecule has 0 bridgehead atoms. The van der Waals surface area contributed by atoms with E-state index in [-0.39, 0.29) is 11.3 Å². The van der Waals surface area contributed by atoms with Crippen LogP contribution in [-0.2, 0) is 16.0 Å². The third-order valence-corrected chi connectivity index (χ3v) is 3.57. The van der Waals surface area contributed by atoms with Crippen molar-refractivity contribution in [2.75, 3.05) is 0 Å². The first-order valence-electron chi connectivity index (χ1n) is 7.79. The van der Waals surface area contributed by atoms with Gasteiger partial charge in [0, 0.05) is 18.9 Å². The number of hydrogen-bond acceptors (Lipinski definition) is 4. The maximum Gasteiger partial charge on any atom is 0.308 e. The summed E-state index contributed by atoms with van der Waals surface area (Å²) < 4.78 is 4.95. The van der Waals surface area contributed by atoms with Gasteiger partial charge < -0.3 is 15.8 Å². The van der Waals surface area contributed by atoms with Crippen molar-refractivity contribution < 1.29 is 19.1 Å². The smallest absolute Gasteiger partial charge is 0.308 e. The van der Waals surface area contributed by atoms with Gasteiger partial charge in [-0.2, -0.15) is 0 Å². The Balaban J connectivity index is 2.11. The third kappa shape index (κ3) is 5.46. The number of amides is 2. The lowest BCUT2D eigenvalue weighted by Gasteiger charge is -2.16. The second kappa shape index (κ2) is 8.10. The average Bonchev–Trinajstić information content (AvgIpc) is 2.55. The average molecular weight is 340 g/mol. The first-order valence-corrected chi connectivity index (χ1v) is 7.79. The van der Waals surface area contributed by atoms with E-state index in [4.69, 9.17) is 10.5 Å². The molecule has 25 heavy (non-hydrogen) atoms. The van der Waals surface area contributed by atoms with Gasteiger partial charge in [0.2, 0.25) is 5.91 Å². The lowest BCUT2D eigenvalue weighted by Crippen LogP contribution is -2.45. The molecule has 2 aromatic rings. The number of carbonyl (C=O) groups excluding carboxylic acids is 3. The molecule has 0 aromatic heterocycles. The Morgan fingerprint density at radius 1 is 1.12 bits per heavy atom. The molecule has 0 heterocycles. The maximum atomic E-state index is 12.4. The fourth-order valence-electron chi connectivity index (χ4n) is 2.29. The minimum atomic E-state index is -0.840. The van der Waals surface area contributed by atoms with E-state index in [2.05, 4.69) is 5.32 Å². The molecule has 3 N–H and O–H groups in total. The van der Waals surface area contributed by atoms with E-state index in [1.807, 2.05) is 31.2 Å². The van der Waals surface area contributed by atoms with Crippen LogP contribution < -0.4 is 15.8 Å². The molecule has 6 heteroatoms. The van der Waals surface area contributed by atoms with Crippen molar-refractivity contribution in [2.45, 2.75) is 26.3 Å². The van der Waals surface area contributed by atoms with Crippen molar-refractivity contribution in [3.8, 4) is 5.75 Å². The highest BCUT2D eigenvalue weighted by atomic mass is 16.5. The largest absolute Gasteiger partial charge is 0.427 e. The Kier molecular flexibility index (Phi) is 5.89. The summed E-state index contributed by atoms with van der Waals surface area (Å²) >= 11 is 0. The van der Waals surface area contributed by atoms with Gasteiger partial charge in [0.05, 0.1) is 0 Å². The summed E-state index contributed by atoms with van der Waals surface area (Å²) in [5.74, 6) is -1.31. The molecular weight excluding hydrogens is 320 g/mol. The van der Waals surface area contributed by atoms with Crippen LogP contribution in [0.1, 0.15) is 28.4 Å². The normalized spacial score (nSPS) is 11.4. The molecule has 0 aliphatic rings. The molecule has 2 rings (SSSR count). The molecule has 0 fully saturated rings. The van der Waals surface area contributed by atoms with Gasteiger partial charge in [0.25, 0.3) is 5.91 Å². The van der Waals surface area contributed by atoms with Crippen LogP contribution in [0.4, 0.5) is 0 Å². The lowest BCUT2D eigenvalue weighted by molar-refractivity contribution is -0.131. The highest BCUT2D eigenvalue weighted by Crippen LogP contribution is 2.14. The molecule has 1 atom stereocenters. The van der Waals surface area contributed by atoms with Gasteiger partial charge in [-0.25, -0.2) is 0 Å². The number of rotatable bonds is 6. The Morgan fingerprint density at radius 2 is 1.80 bits per heavy atom. The summed E-state index contributed by atoms with van der Waals surface area (Å²) in [6.45, 7) is 3.24. The molecule has 2 aromatic carbocycles. The van der Waals surface area contributed by atoms with E-state index in [9.17, 15) is 14.4 Å². The van der Waals surface area contributed by atoms with Crippen LogP contribution in [0.5, 0.6) is 5.75 Å². The summed E-state index contributed by atoms with van der Waals surface area (Å²) in [6, 6.07) is 12.9.